The van der Waals surface area contributed by atoms with Crippen molar-refractivity contribution in [1.29, 1.82) is 0 Å². The van der Waals surface area contributed by atoms with Gasteiger partial charge in [-0.25, -0.2) is 0 Å². The molecule has 16 heavy (non-hydrogen) atoms. The van der Waals surface area contributed by atoms with Gasteiger partial charge in [-0.2, -0.15) is 0 Å². The third-order valence-electron chi connectivity index (χ3n) is 2.73. The SMILES string of the molecule is Cc1ccc(-c2ccc(CC[Se])cc2)cc1. The van der Waals surface area contributed by atoms with Gasteiger partial charge in [0, 0.05) is 0 Å². The quantitative estimate of drug-likeness (QED) is 0.747. The standard InChI is InChI=1S/C15H15Se/c1-12-2-6-14(7-3-12)15-8-4-13(5-9-15)10-11-16/h2-9H,10-11H2,1H3. The van der Waals surface area contributed by atoms with Crippen LogP contribution in [0.25, 0.3) is 11.1 Å². The maximum atomic E-state index is 3.04. The van der Waals surface area contributed by atoms with Crippen LogP contribution in [0.2, 0.25) is 5.32 Å². The van der Waals surface area contributed by atoms with E-state index in [2.05, 4.69) is 71.5 Å². The van der Waals surface area contributed by atoms with Gasteiger partial charge in [0.2, 0.25) is 0 Å². The maximum absolute atomic E-state index is 3.04. The van der Waals surface area contributed by atoms with Crippen LogP contribution in [-0.2, 0) is 6.42 Å². The van der Waals surface area contributed by atoms with Crippen molar-refractivity contribution >= 4 is 16.0 Å². The third-order valence-corrected chi connectivity index (χ3v) is 3.16. The van der Waals surface area contributed by atoms with E-state index < -0.39 is 0 Å². The molecule has 0 nitrogen and oxygen atoms in total. The van der Waals surface area contributed by atoms with Crippen molar-refractivity contribution < 1.29 is 0 Å². The van der Waals surface area contributed by atoms with Gasteiger partial charge in [0.15, 0.2) is 0 Å². The molecule has 0 aliphatic carbocycles. The zero-order valence-corrected chi connectivity index (χ0v) is 11.2. The van der Waals surface area contributed by atoms with Crippen molar-refractivity contribution in [3.63, 3.8) is 0 Å². The summed E-state index contributed by atoms with van der Waals surface area (Å²) >= 11 is 3.04. The molecule has 0 fully saturated rings. The molecule has 0 saturated carbocycles. The zero-order chi connectivity index (χ0) is 11.4. The van der Waals surface area contributed by atoms with E-state index in [4.69, 9.17) is 0 Å². The molecule has 0 spiro atoms. The molecule has 0 unspecified atom stereocenters. The van der Waals surface area contributed by atoms with Crippen LogP contribution in [0.4, 0.5) is 0 Å². The summed E-state index contributed by atoms with van der Waals surface area (Å²) in [5.41, 5.74) is 5.29. The van der Waals surface area contributed by atoms with Gasteiger partial charge in [-0.3, -0.25) is 0 Å². The first-order valence-electron chi connectivity index (χ1n) is 5.53. The fourth-order valence-electron chi connectivity index (χ4n) is 1.73. The van der Waals surface area contributed by atoms with Crippen LogP contribution in [0, 0.1) is 6.92 Å². The Morgan fingerprint density at radius 3 is 1.81 bits per heavy atom. The fraction of sp³-hybridized carbons (Fsp3) is 0.200. The summed E-state index contributed by atoms with van der Waals surface area (Å²) < 4.78 is 0. The molecule has 0 aromatic heterocycles. The molecule has 0 heterocycles. The first-order chi connectivity index (χ1) is 7.79. The van der Waals surface area contributed by atoms with Crippen LogP contribution < -0.4 is 0 Å². The second-order valence-corrected chi connectivity index (χ2v) is 4.87. The van der Waals surface area contributed by atoms with E-state index in [1.807, 2.05) is 0 Å². The summed E-state index contributed by atoms with van der Waals surface area (Å²) in [6.45, 7) is 2.12. The van der Waals surface area contributed by atoms with E-state index in [0.29, 0.717) is 0 Å². The van der Waals surface area contributed by atoms with E-state index in [1.165, 1.54) is 22.3 Å². The van der Waals surface area contributed by atoms with Crippen molar-refractivity contribution in [3.8, 4) is 11.1 Å². The van der Waals surface area contributed by atoms with E-state index in [9.17, 15) is 0 Å². The zero-order valence-electron chi connectivity index (χ0n) is 9.44. The Hall–Kier alpha value is -1.04. The second kappa shape index (κ2) is 5.34. The molecular formula is C15H15Se. The molecular weight excluding hydrogens is 259 g/mol. The summed E-state index contributed by atoms with van der Waals surface area (Å²) in [4.78, 5) is 0. The number of hydrogen-bond donors (Lipinski definition) is 0. The molecule has 0 amide bonds. The van der Waals surface area contributed by atoms with Crippen molar-refractivity contribution in [1.82, 2.24) is 0 Å². The third kappa shape index (κ3) is 2.75. The van der Waals surface area contributed by atoms with Crippen LogP contribution in [0.15, 0.2) is 48.5 Å². The molecule has 0 aliphatic rings. The first-order valence-corrected chi connectivity index (χ1v) is 6.75. The predicted octanol–water partition coefficient (Wildman–Crippen LogP) is 3.79. The van der Waals surface area contributed by atoms with Crippen molar-refractivity contribution in [2.24, 2.45) is 0 Å². The topological polar surface area (TPSA) is 0 Å². The fourth-order valence-corrected chi connectivity index (χ4v) is 2.22. The van der Waals surface area contributed by atoms with E-state index in [1.54, 1.807) is 0 Å². The van der Waals surface area contributed by atoms with Gasteiger partial charge in [-0.15, -0.1) is 0 Å². The minimum absolute atomic E-state index is 1.09. The summed E-state index contributed by atoms with van der Waals surface area (Å²) in [5, 5.41) is 1.09. The molecule has 1 radical (unpaired) electrons. The minimum atomic E-state index is 1.09. The van der Waals surface area contributed by atoms with Gasteiger partial charge >= 0.3 is 105 Å². The Morgan fingerprint density at radius 2 is 1.31 bits per heavy atom. The van der Waals surface area contributed by atoms with Crippen LogP contribution in [0.3, 0.4) is 0 Å². The monoisotopic (exact) mass is 275 g/mol. The van der Waals surface area contributed by atoms with Crippen molar-refractivity contribution in [3.05, 3.63) is 59.7 Å². The van der Waals surface area contributed by atoms with Crippen molar-refractivity contribution in [2.45, 2.75) is 18.7 Å². The number of hydrogen-bond acceptors (Lipinski definition) is 0. The van der Waals surface area contributed by atoms with Gasteiger partial charge in [0.1, 0.15) is 0 Å². The first kappa shape index (κ1) is 11.4. The van der Waals surface area contributed by atoms with Gasteiger partial charge in [-0.1, -0.05) is 0 Å². The van der Waals surface area contributed by atoms with Gasteiger partial charge in [-0.05, 0) is 0 Å². The Labute approximate surface area is 106 Å². The number of rotatable bonds is 3. The molecule has 2 aromatic rings. The average Bonchev–Trinajstić information content (AvgIpc) is 2.32. The van der Waals surface area contributed by atoms with E-state index in [-0.39, 0.29) is 0 Å². The van der Waals surface area contributed by atoms with Crippen LogP contribution >= 0.6 is 0 Å². The number of aryl methyl sites for hydroxylation is 2. The van der Waals surface area contributed by atoms with E-state index in [0.717, 1.165) is 11.7 Å². The molecule has 0 N–H and O–H groups in total. The molecule has 0 bridgehead atoms. The van der Waals surface area contributed by atoms with Crippen LogP contribution in [0.1, 0.15) is 11.1 Å². The molecule has 2 rings (SSSR count). The Morgan fingerprint density at radius 1 is 0.812 bits per heavy atom. The average molecular weight is 274 g/mol. The molecule has 0 saturated heterocycles. The van der Waals surface area contributed by atoms with Gasteiger partial charge in [0.25, 0.3) is 0 Å². The van der Waals surface area contributed by atoms with Crippen LogP contribution in [-0.4, -0.2) is 16.0 Å². The number of benzene rings is 2. The summed E-state index contributed by atoms with van der Waals surface area (Å²) in [7, 11) is 0. The van der Waals surface area contributed by atoms with Gasteiger partial charge < -0.3 is 0 Å². The normalized spacial score (nSPS) is 10.4. The van der Waals surface area contributed by atoms with Crippen LogP contribution in [0.5, 0.6) is 0 Å². The Bertz CT molecular complexity index is 440. The molecule has 81 valence electrons. The molecule has 0 atom stereocenters. The molecule has 2 aromatic carbocycles. The second-order valence-electron chi connectivity index (χ2n) is 4.02. The van der Waals surface area contributed by atoms with Gasteiger partial charge in [0.05, 0.1) is 0 Å². The summed E-state index contributed by atoms with van der Waals surface area (Å²) in [6.07, 6.45) is 1.12. The van der Waals surface area contributed by atoms with Crippen molar-refractivity contribution in [2.75, 3.05) is 0 Å². The molecule has 0 aliphatic heterocycles. The molecule has 1 heteroatoms. The summed E-state index contributed by atoms with van der Waals surface area (Å²) in [5.74, 6) is 0. The Kier molecular flexibility index (Phi) is 3.82. The summed E-state index contributed by atoms with van der Waals surface area (Å²) in [6, 6.07) is 17.5. The Balaban J connectivity index is 2.24. The predicted molar refractivity (Wildman–Crippen MR) is 70.9 cm³/mol. The van der Waals surface area contributed by atoms with E-state index >= 15 is 0 Å².